The highest BCUT2D eigenvalue weighted by Crippen LogP contribution is 1.80. The summed E-state index contributed by atoms with van der Waals surface area (Å²) in [4.78, 5) is 22.5. The highest BCUT2D eigenvalue weighted by molar-refractivity contribution is 5.76. The lowest BCUT2D eigenvalue weighted by Crippen LogP contribution is -2.38. The summed E-state index contributed by atoms with van der Waals surface area (Å²) in [5.74, 6) is 0.130. The summed E-state index contributed by atoms with van der Waals surface area (Å²) in [5, 5.41) is 11.8. The molecule has 1 fully saturated rings. The van der Waals surface area contributed by atoms with Gasteiger partial charge in [0, 0.05) is 52.1 Å². The van der Waals surface area contributed by atoms with Crippen LogP contribution >= 0.6 is 0 Å². The minimum Gasteiger partial charge on any atom is -0.355 e. The van der Waals surface area contributed by atoms with Crippen LogP contribution in [0.2, 0.25) is 0 Å². The molecule has 0 unspecified atom stereocenters. The van der Waals surface area contributed by atoms with E-state index in [0.717, 1.165) is 0 Å². The molecule has 0 aromatic heterocycles. The van der Waals surface area contributed by atoms with Crippen molar-refractivity contribution in [1.82, 2.24) is 21.3 Å². The number of carbonyl (C=O) groups is 2. The van der Waals surface area contributed by atoms with Gasteiger partial charge in [0.1, 0.15) is 0 Å². The number of hydrogen-bond acceptors (Lipinski definition) is 4. The largest absolute Gasteiger partial charge is 0.355 e. The Hall–Kier alpha value is -1.14. The lowest BCUT2D eigenvalue weighted by molar-refractivity contribution is -0.122. The van der Waals surface area contributed by atoms with Crippen molar-refractivity contribution >= 4 is 11.8 Å². The first kappa shape index (κ1) is 12.9. The highest BCUT2D eigenvalue weighted by Gasteiger charge is 2.03. The minimum atomic E-state index is 0.0652. The van der Waals surface area contributed by atoms with Crippen molar-refractivity contribution in [3.05, 3.63) is 0 Å². The summed E-state index contributed by atoms with van der Waals surface area (Å²) in [7, 11) is 0. The first-order valence-electron chi connectivity index (χ1n) is 5.74. The molecule has 0 aliphatic carbocycles. The van der Waals surface area contributed by atoms with Crippen molar-refractivity contribution in [2.24, 2.45) is 0 Å². The van der Waals surface area contributed by atoms with Gasteiger partial charge in [0.15, 0.2) is 0 Å². The molecule has 1 saturated heterocycles. The van der Waals surface area contributed by atoms with Crippen LogP contribution in [0.5, 0.6) is 0 Å². The molecule has 2 amide bonds. The summed E-state index contributed by atoms with van der Waals surface area (Å²) in [6, 6.07) is 0. The fraction of sp³-hybridized carbons (Fsp3) is 0.800. The average Bonchev–Trinajstić information content (AvgIpc) is 2.27. The molecule has 16 heavy (non-hydrogen) atoms. The fourth-order valence-electron chi connectivity index (χ4n) is 1.41. The molecular weight excluding hydrogens is 208 g/mol. The molecule has 1 aliphatic rings. The van der Waals surface area contributed by atoms with Crippen LogP contribution in [0.4, 0.5) is 0 Å². The van der Waals surface area contributed by atoms with E-state index in [9.17, 15) is 9.59 Å². The maximum atomic E-state index is 11.3. The molecule has 0 bridgehead atoms. The van der Waals surface area contributed by atoms with Gasteiger partial charge in [-0.3, -0.25) is 9.59 Å². The van der Waals surface area contributed by atoms with Gasteiger partial charge >= 0.3 is 0 Å². The number of rotatable bonds is 0. The third-order valence-electron chi connectivity index (χ3n) is 2.31. The summed E-state index contributed by atoms with van der Waals surface area (Å²) in [6.07, 6.45) is 0.960. The summed E-state index contributed by atoms with van der Waals surface area (Å²) in [5.41, 5.74) is 0. The number of nitrogens with one attached hydrogen (secondary N) is 4. The molecule has 0 saturated carbocycles. The second-order valence-electron chi connectivity index (χ2n) is 3.70. The van der Waals surface area contributed by atoms with Crippen LogP contribution in [-0.2, 0) is 9.59 Å². The molecule has 1 aliphatic heterocycles. The van der Waals surface area contributed by atoms with Gasteiger partial charge in [-0.1, -0.05) is 0 Å². The summed E-state index contributed by atoms with van der Waals surface area (Å²) >= 11 is 0. The fourth-order valence-corrected chi connectivity index (χ4v) is 1.41. The average molecular weight is 228 g/mol. The van der Waals surface area contributed by atoms with Gasteiger partial charge in [-0.05, 0) is 0 Å². The van der Waals surface area contributed by atoms with E-state index in [2.05, 4.69) is 21.3 Å². The smallest absolute Gasteiger partial charge is 0.221 e. The Morgan fingerprint density at radius 1 is 0.625 bits per heavy atom. The summed E-state index contributed by atoms with van der Waals surface area (Å²) < 4.78 is 0. The second kappa shape index (κ2) is 8.06. The zero-order valence-electron chi connectivity index (χ0n) is 9.47. The Labute approximate surface area is 95.5 Å². The third kappa shape index (κ3) is 6.36. The van der Waals surface area contributed by atoms with Crippen LogP contribution < -0.4 is 21.3 Å². The topological polar surface area (TPSA) is 82.3 Å². The van der Waals surface area contributed by atoms with Crippen LogP contribution in [0.15, 0.2) is 0 Å². The molecule has 1 rings (SSSR count). The summed E-state index contributed by atoms with van der Waals surface area (Å²) in [6.45, 7) is 3.92. The lowest BCUT2D eigenvalue weighted by Gasteiger charge is -2.10. The highest BCUT2D eigenvalue weighted by atomic mass is 16.2. The zero-order chi connectivity index (χ0) is 11.6. The van der Waals surface area contributed by atoms with Crippen LogP contribution in [0.3, 0.4) is 0 Å². The molecule has 0 atom stereocenters. The van der Waals surface area contributed by atoms with Gasteiger partial charge < -0.3 is 21.3 Å². The van der Waals surface area contributed by atoms with Crippen LogP contribution in [0.1, 0.15) is 12.8 Å². The molecule has 1 heterocycles. The van der Waals surface area contributed by atoms with E-state index < -0.39 is 0 Å². The molecule has 92 valence electrons. The SMILES string of the molecule is O=C1CCNCCNC(=O)CCNCCN1. The van der Waals surface area contributed by atoms with Crippen LogP contribution in [0, 0.1) is 0 Å². The zero-order valence-corrected chi connectivity index (χ0v) is 9.47. The van der Waals surface area contributed by atoms with Crippen molar-refractivity contribution in [2.45, 2.75) is 12.8 Å². The molecule has 0 radical (unpaired) electrons. The van der Waals surface area contributed by atoms with Crippen LogP contribution in [-0.4, -0.2) is 51.1 Å². The Bertz CT molecular complexity index is 189. The van der Waals surface area contributed by atoms with Crippen molar-refractivity contribution in [3.63, 3.8) is 0 Å². The Kier molecular flexibility index (Phi) is 6.52. The number of carbonyl (C=O) groups excluding carboxylic acids is 2. The normalized spacial score (nSPS) is 21.8. The van der Waals surface area contributed by atoms with Gasteiger partial charge in [0.05, 0.1) is 0 Å². The molecule has 6 nitrogen and oxygen atoms in total. The Morgan fingerprint density at radius 3 is 1.50 bits per heavy atom. The predicted molar refractivity (Wildman–Crippen MR) is 61.0 cm³/mol. The predicted octanol–water partition coefficient (Wildman–Crippen LogP) is -1.81. The molecular formula is C10H20N4O2. The quantitative estimate of drug-likeness (QED) is 0.394. The second-order valence-corrected chi connectivity index (χ2v) is 3.70. The van der Waals surface area contributed by atoms with Gasteiger partial charge in [0.2, 0.25) is 11.8 Å². The maximum Gasteiger partial charge on any atom is 0.221 e. The molecule has 0 aromatic carbocycles. The van der Waals surface area contributed by atoms with Gasteiger partial charge in [0.25, 0.3) is 0 Å². The van der Waals surface area contributed by atoms with E-state index in [4.69, 9.17) is 0 Å². The van der Waals surface area contributed by atoms with Gasteiger partial charge in [-0.15, -0.1) is 0 Å². The Balaban J connectivity index is 2.23. The molecule has 0 spiro atoms. The maximum absolute atomic E-state index is 11.3. The molecule has 0 aromatic rings. The third-order valence-corrected chi connectivity index (χ3v) is 2.31. The standard InChI is InChI=1S/C10H20N4O2/c15-9-1-3-11-5-8-14-10(16)2-4-12-6-7-13-9/h11-12H,1-8H2,(H,13,15)(H,14,16). The van der Waals surface area contributed by atoms with Crippen molar-refractivity contribution in [2.75, 3.05) is 39.3 Å². The van der Waals surface area contributed by atoms with Crippen molar-refractivity contribution in [3.8, 4) is 0 Å². The number of hydrogen-bond donors (Lipinski definition) is 4. The lowest BCUT2D eigenvalue weighted by atomic mass is 10.3. The van der Waals surface area contributed by atoms with E-state index in [-0.39, 0.29) is 11.8 Å². The number of amides is 2. The first-order valence-corrected chi connectivity index (χ1v) is 5.74. The van der Waals surface area contributed by atoms with Crippen LogP contribution in [0.25, 0.3) is 0 Å². The van der Waals surface area contributed by atoms with E-state index in [1.165, 1.54) is 0 Å². The van der Waals surface area contributed by atoms with E-state index in [0.29, 0.717) is 52.1 Å². The molecule has 6 heteroatoms. The van der Waals surface area contributed by atoms with Gasteiger partial charge in [-0.25, -0.2) is 0 Å². The van der Waals surface area contributed by atoms with Crippen molar-refractivity contribution < 1.29 is 9.59 Å². The van der Waals surface area contributed by atoms with Crippen molar-refractivity contribution in [1.29, 1.82) is 0 Å². The minimum absolute atomic E-state index is 0.0652. The monoisotopic (exact) mass is 228 g/mol. The van der Waals surface area contributed by atoms with E-state index >= 15 is 0 Å². The molecule has 4 N–H and O–H groups in total. The Morgan fingerprint density at radius 2 is 1.06 bits per heavy atom. The van der Waals surface area contributed by atoms with E-state index in [1.54, 1.807) is 0 Å². The first-order chi connectivity index (χ1) is 7.79. The van der Waals surface area contributed by atoms with E-state index in [1.807, 2.05) is 0 Å². The van der Waals surface area contributed by atoms with Gasteiger partial charge in [-0.2, -0.15) is 0 Å².